The molecule has 0 fully saturated rings. The minimum absolute atomic E-state index is 0.0655. The first-order valence-corrected chi connectivity index (χ1v) is 11.3. The molecule has 0 aliphatic carbocycles. The van der Waals surface area contributed by atoms with Crippen molar-refractivity contribution in [3.05, 3.63) is 57.1 Å². The summed E-state index contributed by atoms with van der Waals surface area (Å²) in [7, 11) is -3.90. The van der Waals surface area contributed by atoms with Gasteiger partial charge < -0.3 is 14.0 Å². The fourth-order valence-corrected chi connectivity index (χ4v) is 4.60. The normalized spacial score (nSPS) is 13.3. The summed E-state index contributed by atoms with van der Waals surface area (Å²) in [5.74, 6) is -1.04. The SMILES string of the molecule is CCOC(=O)COP(=O)(CC)c1cc(Oc2ccc(C(F)(F)F)cc2Cl)ccc1[N+](=O)[O-]. The van der Waals surface area contributed by atoms with Gasteiger partial charge in [0, 0.05) is 18.3 Å². The van der Waals surface area contributed by atoms with Gasteiger partial charge in [-0.1, -0.05) is 18.5 Å². The van der Waals surface area contributed by atoms with Crippen LogP contribution in [0.3, 0.4) is 0 Å². The molecule has 0 amide bonds. The topological polar surface area (TPSA) is 105 Å². The van der Waals surface area contributed by atoms with E-state index < -0.39 is 42.3 Å². The maximum atomic E-state index is 13.3. The Morgan fingerprint density at radius 2 is 1.88 bits per heavy atom. The minimum atomic E-state index is -4.60. The fraction of sp³-hybridized carbons (Fsp3) is 0.316. The predicted molar refractivity (Wildman–Crippen MR) is 110 cm³/mol. The second-order valence-corrected chi connectivity index (χ2v) is 9.35. The first kappa shape index (κ1) is 25.6. The first-order valence-electron chi connectivity index (χ1n) is 9.14. The molecule has 0 aliphatic heterocycles. The van der Waals surface area contributed by atoms with Crippen LogP contribution in [0, 0.1) is 10.1 Å². The Labute approximate surface area is 185 Å². The van der Waals surface area contributed by atoms with Gasteiger partial charge in [0.15, 0.2) is 6.61 Å². The van der Waals surface area contributed by atoms with E-state index in [1.54, 1.807) is 6.92 Å². The van der Waals surface area contributed by atoms with E-state index in [-0.39, 0.29) is 34.6 Å². The summed E-state index contributed by atoms with van der Waals surface area (Å²) >= 11 is 5.87. The third-order valence-corrected chi connectivity index (χ3v) is 6.88. The van der Waals surface area contributed by atoms with Gasteiger partial charge in [-0.3, -0.25) is 14.7 Å². The van der Waals surface area contributed by atoms with Crippen molar-refractivity contribution < 1.29 is 41.5 Å². The van der Waals surface area contributed by atoms with Crippen molar-refractivity contribution in [2.24, 2.45) is 0 Å². The van der Waals surface area contributed by atoms with E-state index in [2.05, 4.69) is 0 Å². The van der Waals surface area contributed by atoms with Crippen LogP contribution < -0.4 is 10.0 Å². The molecule has 32 heavy (non-hydrogen) atoms. The highest BCUT2D eigenvalue weighted by Gasteiger charge is 2.34. The molecule has 2 rings (SSSR count). The summed E-state index contributed by atoms with van der Waals surface area (Å²) in [6.07, 6.45) is -4.79. The lowest BCUT2D eigenvalue weighted by Crippen LogP contribution is -2.18. The number of alkyl halides is 3. The van der Waals surface area contributed by atoms with Gasteiger partial charge in [0.05, 0.1) is 22.1 Å². The van der Waals surface area contributed by atoms with Gasteiger partial charge in [-0.05, 0) is 31.2 Å². The van der Waals surface area contributed by atoms with Crippen molar-refractivity contribution in [2.75, 3.05) is 19.4 Å². The van der Waals surface area contributed by atoms with Crippen LogP contribution in [0.5, 0.6) is 11.5 Å². The zero-order chi connectivity index (χ0) is 24.1. The molecule has 2 aromatic carbocycles. The van der Waals surface area contributed by atoms with Crippen molar-refractivity contribution in [3.63, 3.8) is 0 Å². The molecule has 1 unspecified atom stereocenters. The monoisotopic (exact) mass is 495 g/mol. The zero-order valence-electron chi connectivity index (χ0n) is 16.8. The summed E-state index contributed by atoms with van der Waals surface area (Å²) in [5.41, 5.74) is -1.52. The average Bonchev–Trinajstić information content (AvgIpc) is 2.72. The molecule has 8 nitrogen and oxygen atoms in total. The molecule has 2 aromatic rings. The van der Waals surface area contributed by atoms with Gasteiger partial charge in [0.2, 0.25) is 7.37 Å². The molecule has 0 spiro atoms. The number of rotatable bonds is 9. The largest absolute Gasteiger partial charge is 0.464 e. The fourth-order valence-electron chi connectivity index (χ4n) is 2.57. The number of hydrogen-bond acceptors (Lipinski definition) is 7. The quantitative estimate of drug-likeness (QED) is 0.194. The van der Waals surface area contributed by atoms with Gasteiger partial charge in [0.25, 0.3) is 5.69 Å². The number of nitro groups is 1. The van der Waals surface area contributed by atoms with E-state index in [1.807, 2.05) is 0 Å². The van der Waals surface area contributed by atoms with Crippen LogP contribution in [0.4, 0.5) is 18.9 Å². The van der Waals surface area contributed by atoms with Crippen molar-refractivity contribution in [3.8, 4) is 11.5 Å². The molecule has 0 saturated carbocycles. The molecule has 0 saturated heterocycles. The summed E-state index contributed by atoms with van der Waals surface area (Å²) in [6.45, 7) is 2.40. The highest BCUT2D eigenvalue weighted by molar-refractivity contribution is 7.67. The Morgan fingerprint density at radius 3 is 2.41 bits per heavy atom. The molecule has 0 aromatic heterocycles. The van der Waals surface area contributed by atoms with E-state index >= 15 is 0 Å². The number of esters is 1. The summed E-state index contributed by atoms with van der Waals surface area (Å²) < 4.78 is 67.1. The van der Waals surface area contributed by atoms with Gasteiger partial charge in [0.1, 0.15) is 16.8 Å². The second-order valence-electron chi connectivity index (χ2n) is 6.22. The van der Waals surface area contributed by atoms with Crippen molar-refractivity contribution in [1.82, 2.24) is 0 Å². The Balaban J connectivity index is 2.42. The molecular formula is C19H18ClF3NO7P. The number of ether oxygens (including phenoxy) is 2. The zero-order valence-corrected chi connectivity index (χ0v) is 18.5. The standard InChI is InChI=1S/C19H18ClF3NO7P/c1-3-29-18(25)11-30-32(28,4-2)17-10-13(6-7-15(17)24(26)27)31-16-8-5-12(9-14(16)20)19(21,22)23/h5-10H,3-4,11H2,1-2H3. The molecule has 0 radical (unpaired) electrons. The lowest BCUT2D eigenvalue weighted by molar-refractivity contribution is -0.383. The van der Waals surface area contributed by atoms with Gasteiger partial charge in [-0.2, -0.15) is 13.2 Å². The maximum absolute atomic E-state index is 13.3. The van der Waals surface area contributed by atoms with Crippen LogP contribution in [0.15, 0.2) is 36.4 Å². The van der Waals surface area contributed by atoms with Crippen molar-refractivity contribution in [2.45, 2.75) is 20.0 Å². The Bertz CT molecular complexity index is 1060. The van der Waals surface area contributed by atoms with Crippen molar-refractivity contribution >= 4 is 35.9 Å². The molecular weight excluding hydrogens is 478 g/mol. The highest BCUT2D eigenvalue weighted by Crippen LogP contribution is 2.48. The van der Waals surface area contributed by atoms with Crippen LogP contribution >= 0.6 is 19.0 Å². The molecule has 0 bridgehead atoms. The first-order chi connectivity index (χ1) is 14.9. The molecule has 174 valence electrons. The third-order valence-electron chi connectivity index (χ3n) is 4.11. The Kier molecular flexibility index (Phi) is 8.28. The maximum Gasteiger partial charge on any atom is 0.416 e. The summed E-state index contributed by atoms with van der Waals surface area (Å²) in [4.78, 5) is 22.2. The number of carbonyl (C=O) groups excluding carboxylic acids is 1. The van der Waals surface area contributed by atoms with E-state index in [1.165, 1.54) is 13.0 Å². The highest BCUT2D eigenvalue weighted by atomic mass is 35.5. The number of nitro benzene ring substituents is 1. The average molecular weight is 496 g/mol. The van der Waals surface area contributed by atoms with Crippen LogP contribution in [0.25, 0.3) is 0 Å². The van der Waals surface area contributed by atoms with E-state index in [4.69, 9.17) is 25.6 Å². The Hall–Kier alpha value is -2.62. The molecule has 1 atom stereocenters. The molecule has 13 heteroatoms. The number of benzene rings is 2. The van der Waals surface area contributed by atoms with Gasteiger partial charge in [-0.15, -0.1) is 0 Å². The van der Waals surface area contributed by atoms with Crippen LogP contribution in [0.1, 0.15) is 19.4 Å². The van der Waals surface area contributed by atoms with Crippen molar-refractivity contribution in [1.29, 1.82) is 0 Å². The number of halogens is 4. The smallest absolute Gasteiger partial charge is 0.416 e. The van der Waals surface area contributed by atoms with Crippen LogP contribution in [-0.2, 0) is 24.8 Å². The minimum Gasteiger partial charge on any atom is -0.464 e. The Morgan fingerprint density at radius 1 is 1.19 bits per heavy atom. The van der Waals surface area contributed by atoms with Crippen LogP contribution in [-0.4, -0.2) is 30.3 Å². The third kappa shape index (κ3) is 6.21. The van der Waals surface area contributed by atoms with Crippen LogP contribution in [0.2, 0.25) is 5.02 Å². The van der Waals surface area contributed by atoms with E-state index in [0.29, 0.717) is 6.07 Å². The van der Waals surface area contributed by atoms with E-state index in [0.717, 1.165) is 24.3 Å². The predicted octanol–water partition coefficient (Wildman–Crippen LogP) is 5.56. The van der Waals surface area contributed by atoms with Gasteiger partial charge >= 0.3 is 12.1 Å². The molecule has 0 aliphatic rings. The summed E-state index contributed by atoms with van der Waals surface area (Å²) in [5, 5.41) is 10.8. The number of hydrogen-bond donors (Lipinski definition) is 0. The molecule has 0 heterocycles. The van der Waals surface area contributed by atoms with Gasteiger partial charge in [-0.25, -0.2) is 4.79 Å². The van der Waals surface area contributed by atoms with E-state index in [9.17, 15) is 32.6 Å². The number of carbonyl (C=O) groups is 1. The summed E-state index contributed by atoms with van der Waals surface area (Å²) in [6, 6.07) is 5.67. The second kappa shape index (κ2) is 10.3. The lowest BCUT2D eigenvalue weighted by Gasteiger charge is -2.18. The molecule has 0 N–H and O–H groups in total. The number of nitrogens with zero attached hydrogens (tertiary/aromatic N) is 1. The lowest BCUT2D eigenvalue weighted by atomic mass is 10.2.